The molecule has 3 rings (SSSR count). The third kappa shape index (κ3) is 4.96. The van der Waals surface area contributed by atoms with Crippen LogP contribution in [0.25, 0.3) is 10.8 Å². The van der Waals surface area contributed by atoms with Gasteiger partial charge in [0.25, 0.3) is 17.4 Å². The minimum absolute atomic E-state index is 0.0181. The van der Waals surface area contributed by atoms with Crippen LogP contribution >= 0.6 is 0 Å². The highest BCUT2D eigenvalue weighted by Crippen LogP contribution is 2.24. The number of rotatable bonds is 5. The van der Waals surface area contributed by atoms with Gasteiger partial charge < -0.3 is 4.74 Å². The first-order chi connectivity index (χ1) is 15.1. The first-order valence-electron chi connectivity index (χ1n) is 10.5. The van der Waals surface area contributed by atoms with E-state index in [2.05, 4.69) is 36.7 Å². The summed E-state index contributed by atoms with van der Waals surface area (Å²) in [6.07, 6.45) is -0.843. The minimum atomic E-state index is -0.843. The third-order valence-electron chi connectivity index (χ3n) is 5.08. The Morgan fingerprint density at radius 1 is 1.03 bits per heavy atom. The number of aryl methyl sites for hydroxylation is 1. The zero-order valence-corrected chi connectivity index (χ0v) is 18.9. The van der Waals surface area contributed by atoms with E-state index in [4.69, 9.17) is 4.74 Å². The fourth-order valence-corrected chi connectivity index (χ4v) is 3.19. The van der Waals surface area contributed by atoms with Gasteiger partial charge in [-0.05, 0) is 43.0 Å². The Bertz CT molecular complexity index is 1190. The quantitative estimate of drug-likeness (QED) is 0.599. The second-order valence-corrected chi connectivity index (χ2v) is 8.49. The first-order valence-corrected chi connectivity index (χ1v) is 10.5. The van der Waals surface area contributed by atoms with E-state index >= 15 is 0 Å². The summed E-state index contributed by atoms with van der Waals surface area (Å²) >= 11 is 0. The highest BCUT2D eigenvalue weighted by molar-refractivity contribution is 6.05. The van der Waals surface area contributed by atoms with Gasteiger partial charge in [0.2, 0.25) is 0 Å². The van der Waals surface area contributed by atoms with E-state index in [1.807, 2.05) is 24.3 Å². The lowest BCUT2D eigenvalue weighted by Crippen LogP contribution is -2.47. The molecule has 168 valence electrons. The Kier molecular flexibility index (Phi) is 6.62. The molecule has 1 heterocycles. The van der Waals surface area contributed by atoms with Crippen molar-refractivity contribution >= 4 is 22.6 Å². The molecule has 2 amide bonds. The molecule has 0 fully saturated rings. The molecule has 2 N–H and O–H groups in total. The molecule has 0 bridgehead atoms. The molecule has 1 atom stereocenters. The summed E-state index contributed by atoms with van der Waals surface area (Å²) in [5, 5.41) is 4.95. The molecule has 32 heavy (non-hydrogen) atoms. The number of carbonyl (C=O) groups excluding carboxylic acids is 2. The molecular weight excluding hydrogens is 408 g/mol. The van der Waals surface area contributed by atoms with Crippen LogP contribution in [0.5, 0.6) is 5.75 Å². The lowest BCUT2D eigenvalue weighted by Gasteiger charge is -2.20. The zero-order chi connectivity index (χ0) is 23.5. The largest absolute Gasteiger partial charge is 0.481 e. The summed E-state index contributed by atoms with van der Waals surface area (Å²) in [4.78, 5) is 37.6. The molecule has 8 nitrogen and oxygen atoms in total. The van der Waals surface area contributed by atoms with Crippen molar-refractivity contribution < 1.29 is 14.3 Å². The average molecular weight is 437 g/mol. The molecule has 0 radical (unpaired) electrons. The van der Waals surface area contributed by atoms with Crippen LogP contribution in [0, 0.1) is 0 Å². The maximum atomic E-state index is 12.7. The molecule has 8 heteroatoms. The second kappa shape index (κ2) is 9.21. The van der Waals surface area contributed by atoms with Crippen LogP contribution in [0.3, 0.4) is 0 Å². The third-order valence-corrected chi connectivity index (χ3v) is 5.08. The van der Waals surface area contributed by atoms with Gasteiger partial charge in [0.05, 0.1) is 5.39 Å². The Labute approximate surface area is 186 Å². The molecule has 1 unspecified atom stereocenters. The van der Waals surface area contributed by atoms with E-state index in [1.165, 1.54) is 4.68 Å². The van der Waals surface area contributed by atoms with Crippen molar-refractivity contribution in [2.45, 2.75) is 52.7 Å². The highest BCUT2D eigenvalue weighted by atomic mass is 16.5. The Morgan fingerprint density at radius 3 is 2.25 bits per heavy atom. The molecule has 0 aliphatic heterocycles. The lowest BCUT2D eigenvalue weighted by atomic mass is 9.87. The van der Waals surface area contributed by atoms with Crippen molar-refractivity contribution in [1.82, 2.24) is 20.6 Å². The van der Waals surface area contributed by atoms with Crippen LogP contribution in [0.1, 0.15) is 50.7 Å². The first kappa shape index (κ1) is 23.0. The van der Waals surface area contributed by atoms with Crippen molar-refractivity contribution in [2.75, 3.05) is 0 Å². The zero-order valence-electron chi connectivity index (χ0n) is 18.9. The van der Waals surface area contributed by atoms with Gasteiger partial charge in [-0.25, -0.2) is 4.68 Å². The summed E-state index contributed by atoms with van der Waals surface area (Å²) in [7, 11) is 0. The number of hydrogen-bond acceptors (Lipinski definition) is 5. The van der Waals surface area contributed by atoms with Gasteiger partial charge in [0, 0.05) is 11.9 Å². The predicted octanol–water partition coefficient (Wildman–Crippen LogP) is 2.94. The second-order valence-electron chi connectivity index (χ2n) is 8.49. The summed E-state index contributed by atoms with van der Waals surface area (Å²) in [5.41, 5.74) is 5.67. The summed E-state index contributed by atoms with van der Waals surface area (Å²) in [5.74, 6) is -0.598. The smallest absolute Gasteiger partial charge is 0.290 e. The number of hydrazine groups is 1. The molecular formula is C24H28N4O4. The molecule has 2 aromatic carbocycles. The van der Waals surface area contributed by atoms with Gasteiger partial charge in [-0.3, -0.25) is 25.2 Å². The Balaban J connectivity index is 1.68. The van der Waals surface area contributed by atoms with Crippen molar-refractivity contribution in [2.24, 2.45) is 0 Å². The van der Waals surface area contributed by atoms with Crippen molar-refractivity contribution in [3.05, 3.63) is 70.1 Å². The van der Waals surface area contributed by atoms with Crippen LogP contribution in [0.15, 0.2) is 53.3 Å². The van der Waals surface area contributed by atoms with E-state index in [9.17, 15) is 14.4 Å². The van der Waals surface area contributed by atoms with E-state index < -0.39 is 17.9 Å². The topological polar surface area (TPSA) is 102 Å². The van der Waals surface area contributed by atoms with Crippen LogP contribution in [-0.4, -0.2) is 27.7 Å². The number of hydrogen-bond donors (Lipinski definition) is 2. The number of carbonyl (C=O) groups is 2. The van der Waals surface area contributed by atoms with Crippen LogP contribution in [-0.2, 0) is 16.8 Å². The van der Waals surface area contributed by atoms with Crippen molar-refractivity contribution in [1.29, 1.82) is 0 Å². The van der Waals surface area contributed by atoms with Crippen LogP contribution in [0.2, 0.25) is 0 Å². The number of aromatic nitrogens is 2. The molecule has 1 aromatic heterocycles. The fourth-order valence-electron chi connectivity index (χ4n) is 3.19. The van der Waals surface area contributed by atoms with Gasteiger partial charge in [-0.2, -0.15) is 5.10 Å². The van der Waals surface area contributed by atoms with Crippen LogP contribution in [0.4, 0.5) is 0 Å². The van der Waals surface area contributed by atoms with Gasteiger partial charge in [0.1, 0.15) is 5.75 Å². The molecule has 0 saturated heterocycles. The number of benzene rings is 2. The maximum Gasteiger partial charge on any atom is 0.290 e. The molecule has 0 spiro atoms. The number of amides is 2. The maximum absolute atomic E-state index is 12.7. The van der Waals surface area contributed by atoms with Crippen molar-refractivity contribution in [3.63, 3.8) is 0 Å². The average Bonchev–Trinajstić information content (AvgIpc) is 2.77. The molecule has 0 aliphatic carbocycles. The summed E-state index contributed by atoms with van der Waals surface area (Å²) in [6.45, 7) is 10.0. The van der Waals surface area contributed by atoms with Gasteiger partial charge in [0.15, 0.2) is 11.8 Å². The molecule has 0 aliphatic rings. The summed E-state index contributed by atoms with van der Waals surface area (Å²) in [6, 6.07) is 14.3. The molecule has 0 saturated carbocycles. The van der Waals surface area contributed by atoms with Crippen LogP contribution < -0.4 is 21.1 Å². The van der Waals surface area contributed by atoms with E-state index in [0.717, 1.165) is 5.56 Å². The number of nitrogens with one attached hydrogen (secondary N) is 2. The number of nitrogens with zero attached hydrogens (tertiary/aromatic N) is 2. The standard InChI is InChI=1S/C24H28N4O4/c1-6-28-23(31)19-10-8-7-9-18(19)20(27-28)22(30)26-25-21(29)15(2)32-17-13-11-16(12-14-17)24(3,4)5/h7-15H,6H2,1-5H3,(H,25,29)(H,26,30). The number of fused-ring (bicyclic) bond motifs is 1. The molecule has 3 aromatic rings. The van der Waals surface area contributed by atoms with Gasteiger partial charge >= 0.3 is 0 Å². The monoisotopic (exact) mass is 436 g/mol. The SMILES string of the molecule is CCn1nc(C(=O)NNC(=O)C(C)Oc2ccc(C(C)(C)C)cc2)c2ccccc2c1=O. The Hall–Kier alpha value is -3.68. The van der Waals surface area contributed by atoms with Gasteiger partial charge in [-0.1, -0.05) is 51.1 Å². The predicted molar refractivity (Wildman–Crippen MR) is 123 cm³/mol. The van der Waals surface area contributed by atoms with E-state index in [1.54, 1.807) is 38.1 Å². The van der Waals surface area contributed by atoms with E-state index in [-0.39, 0.29) is 16.7 Å². The van der Waals surface area contributed by atoms with Crippen molar-refractivity contribution in [3.8, 4) is 5.75 Å². The Morgan fingerprint density at radius 2 is 1.66 bits per heavy atom. The number of ether oxygens (including phenoxy) is 1. The highest BCUT2D eigenvalue weighted by Gasteiger charge is 2.20. The van der Waals surface area contributed by atoms with Gasteiger partial charge in [-0.15, -0.1) is 0 Å². The summed E-state index contributed by atoms with van der Waals surface area (Å²) < 4.78 is 6.89. The fraction of sp³-hybridized carbons (Fsp3) is 0.333. The lowest BCUT2D eigenvalue weighted by molar-refractivity contribution is -0.128. The minimum Gasteiger partial charge on any atom is -0.481 e. The van der Waals surface area contributed by atoms with E-state index in [0.29, 0.717) is 23.1 Å². The normalized spacial score (nSPS) is 12.3.